The van der Waals surface area contributed by atoms with Crippen LogP contribution in [-0.2, 0) is 10.0 Å². The van der Waals surface area contributed by atoms with Gasteiger partial charge in [0, 0.05) is 6.54 Å². The van der Waals surface area contributed by atoms with Gasteiger partial charge in [0.15, 0.2) is 11.6 Å². The molecule has 0 heterocycles. The van der Waals surface area contributed by atoms with Crippen molar-refractivity contribution < 1.29 is 17.5 Å². The van der Waals surface area contributed by atoms with Crippen molar-refractivity contribution in [2.45, 2.75) is 11.8 Å². The fourth-order valence-electron chi connectivity index (χ4n) is 1.64. The number of hydrogen-bond donors (Lipinski definition) is 2. The number of ether oxygens (including phenoxy) is 1. The molecular formula is C12H19FN2O3S2. The van der Waals surface area contributed by atoms with Crippen LogP contribution in [0.15, 0.2) is 17.0 Å². The molecule has 0 spiro atoms. The van der Waals surface area contributed by atoms with Gasteiger partial charge in [-0.3, -0.25) is 0 Å². The summed E-state index contributed by atoms with van der Waals surface area (Å²) in [6.45, 7) is 2.22. The maximum Gasteiger partial charge on any atom is 0.240 e. The van der Waals surface area contributed by atoms with Gasteiger partial charge in [-0.1, -0.05) is 6.92 Å². The first-order valence-electron chi connectivity index (χ1n) is 5.93. The summed E-state index contributed by atoms with van der Waals surface area (Å²) in [7, 11) is -2.51. The highest BCUT2D eigenvalue weighted by molar-refractivity contribution is 7.98. The Morgan fingerprint density at radius 3 is 2.65 bits per heavy atom. The van der Waals surface area contributed by atoms with Crippen LogP contribution < -0.4 is 15.2 Å². The van der Waals surface area contributed by atoms with Crippen LogP contribution in [0.4, 0.5) is 10.1 Å². The lowest BCUT2D eigenvalue weighted by molar-refractivity contribution is 0.388. The first-order chi connectivity index (χ1) is 9.31. The van der Waals surface area contributed by atoms with Crippen LogP contribution in [0.3, 0.4) is 0 Å². The lowest BCUT2D eigenvalue weighted by Gasteiger charge is -2.13. The Kier molecular flexibility index (Phi) is 6.09. The van der Waals surface area contributed by atoms with Crippen LogP contribution >= 0.6 is 11.8 Å². The summed E-state index contributed by atoms with van der Waals surface area (Å²) in [6.07, 6.45) is 1.95. The van der Waals surface area contributed by atoms with Gasteiger partial charge < -0.3 is 10.5 Å². The summed E-state index contributed by atoms with van der Waals surface area (Å²) in [5.74, 6) is 0.0618. The van der Waals surface area contributed by atoms with Crippen molar-refractivity contribution in [3.05, 3.63) is 17.9 Å². The summed E-state index contributed by atoms with van der Waals surface area (Å²) in [5, 5.41) is 0. The Bertz CT molecular complexity index is 541. The molecule has 114 valence electrons. The number of halogens is 1. The topological polar surface area (TPSA) is 81.4 Å². The number of hydrogen-bond acceptors (Lipinski definition) is 5. The zero-order chi connectivity index (χ0) is 15.3. The van der Waals surface area contributed by atoms with E-state index in [1.807, 2.05) is 13.2 Å². The third kappa shape index (κ3) is 4.26. The lowest BCUT2D eigenvalue weighted by atomic mass is 10.2. The van der Waals surface area contributed by atoms with Gasteiger partial charge in [-0.05, 0) is 30.1 Å². The summed E-state index contributed by atoms with van der Waals surface area (Å²) >= 11 is 1.63. The number of methoxy groups -OCH3 is 1. The number of nitrogens with one attached hydrogen (secondary N) is 1. The molecule has 8 heteroatoms. The molecule has 1 atom stereocenters. The van der Waals surface area contributed by atoms with E-state index < -0.39 is 15.8 Å². The zero-order valence-corrected chi connectivity index (χ0v) is 13.3. The Balaban J connectivity index is 2.93. The van der Waals surface area contributed by atoms with Gasteiger partial charge in [0.1, 0.15) is 0 Å². The lowest BCUT2D eigenvalue weighted by Crippen LogP contribution is -2.29. The average molecular weight is 322 g/mol. The predicted molar refractivity (Wildman–Crippen MR) is 80.1 cm³/mol. The van der Waals surface area contributed by atoms with Gasteiger partial charge in [0.2, 0.25) is 10.0 Å². The summed E-state index contributed by atoms with van der Waals surface area (Å²) in [4.78, 5) is -0.204. The van der Waals surface area contributed by atoms with Gasteiger partial charge in [-0.25, -0.2) is 17.5 Å². The highest BCUT2D eigenvalue weighted by Gasteiger charge is 2.19. The molecule has 0 aliphatic heterocycles. The standard InChI is InChI=1S/C12H19FN2O3S2/c1-8(7-19-3)6-15-20(16,17)9-4-10(13)12(18-2)11(14)5-9/h4-5,8,15H,6-7,14H2,1-3H3. The number of sulfonamides is 1. The van der Waals surface area contributed by atoms with Gasteiger partial charge in [0.25, 0.3) is 0 Å². The Labute approximate surface area is 123 Å². The van der Waals surface area contributed by atoms with E-state index in [-0.39, 0.29) is 28.8 Å². The molecule has 1 rings (SSSR count). The quantitative estimate of drug-likeness (QED) is 0.747. The third-order valence-corrected chi connectivity index (χ3v) is 4.94. The monoisotopic (exact) mass is 322 g/mol. The smallest absolute Gasteiger partial charge is 0.240 e. The predicted octanol–water partition coefficient (Wildman–Crippen LogP) is 1.69. The molecule has 0 saturated carbocycles. The van der Waals surface area contributed by atoms with E-state index in [1.165, 1.54) is 13.2 Å². The van der Waals surface area contributed by atoms with E-state index >= 15 is 0 Å². The number of rotatable bonds is 7. The summed E-state index contributed by atoms with van der Waals surface area (Å²) < 4.78 is 45.0. The summed E-state index contributed by atoms with van der Waals surface area (Å²) in [6, 6.07) is 2.08. The Morgan fingerprint density at radius 2 is 2.15 bits per heavy atom. The molecule has 20 heavy (non-hydrogen) atoms. The van der Waals surface area contributed by atoms with E-state index in [4.69, 9.17) is 10.5 Å². The SMILES string of the molecule is COc1c(N)cc(S(=O)(=O)NCC(C)CSC)cc1F. The number of benzene rings is 1. The zero-order valence-electron chi connectivity index (χ0n) is 11.6. The molecule has 1 aromatic rings. The van der Waals surface area contributed by atoms with Gasteiger partial charge >= 0.3 is 0 Å². The molecule has 0 aromatic heterocycles. The van der Waals surface area contributed by atoms with Gasteiger partial charge in [-0.15, -0.1) is 0 Å². The van der Waals surface area contributed by atoms with Crippen molar-refractivity contribution >= 4 is 27.5 Å². The molecular weight excluding hydrogens is 303 g/mol. The first kappa shape index (κ1) is 17.1. The van der Waals surface area contributed by atoms with E-state index in [2.05, 4.69) is 4.72 Å². The second-order valence-electron chi connectivity index (χ2n) is 4.44. The van der Waals surface area contributed by atoms with Gasteiger partial charge in [0.05, 0.1) is 17.7 Å². The first-order valence-corrected chi connectivity index (χ1v) is 8.81. The molecule has 0 aliphatic rings. The van der Waals surface area contributed by atoms with E-state index in [9.17, 15) is 12.8 Å². The molecule has 0 radical (unpaired) electrons. The van der Waals surface area contributed by atoms with Crippen LogP contribution in [0.1, 0.15) is 6.92 Å². The second kappa shape index (κ2) is 7.14. The number of thioether (sulfide) groups is 1. The highest BCUT2D eigenvalue weighted by Crippen LogP contribution is 2.28. The van der Waals surface area contributed by atoms with Crippen LogP contribution in [0, 0.1) is 11.7 Å². The fraction of sp³-hybridized carbons (Fsp3) is 0.500. The van der Waals surface area contributed by atoms with Gasteiger partial charge in [-0.2, -0.15) is 11.8 Å². The van der Waals surface area contributed by atoms with Crippen molar-refractivity contribution in [3.63, 3.8) is 0 Å². The van der Waals surface area contributed by atoms with Crippen LogP contribution in [0.5, 0.6) is 5.75 Å². The molecule has 0 fully saturated rings. The number of nitrogens with two attached hydrogens (primary N) is 1. The molecule has 0 bridgehead atoms. The molecule has 3 N–H and O–H groups in total. The Hall–Kier alpha value is -0.990. The maximum atomic E-state index is 13.7. The number of nitrogen functional groups attached to an aromatic ring is 1. The molecule has 0 aliphatic carbocycles. The van der Waals surface area contributed by atoms with Crippen molar-refractivity contribution in [2.75, 3.05) is 31.4 Å². The highest BCUT2D eigenvalue weighted by atomic mass is 32.2. The maximum absolute atomic E-state index is 13.7. The van der Waals surface area contributed by atoms with Crippen molar-refractivity contribution in [2.24, 2.45) is 5.92 Å². The number of anilines is 1. The minimum Gasteiger partial charge on any atom is -0.492 e. The molecule has 0 amide bonds. The molecule has 1 aromatic carbocycles. The largest absolute Gasteiger partial charge is 0.492 e. The van der Waals surface area contributed by atoms with E-state index in [0.717, 1.165) is 11.8 Å². The fourth-order valence-corrected chi connectivity index (χ4v) is 3.54. The second-order valence-corrected chi connectivity index (χ2v) is 7.12. The van der Waals surface area contributed by atoms with Crippen molar-refractivity contribution in [1.82, 2.24) is 4.72 Å². The van der Waals surface area contributed by atoms with Crippen molar-refractivity contribution in [1.29, 1.82) is 0 Å². The van der Waals surface area contributed by atoms with Crippen LogP contribution in [0.25, 0.3) is 0 Å². The van der Waals surface area contributed by atoms with E-state index in [1.54, 1.807) is 11.8 Å². The average Bonchev–Trinajstić information content (AvgIpc) is 2.36. The minimum atomic E-state index is -3.78. The summed E-state index contributed by atoms with van der Waals surface area (Å²) in [5.41, 5.74) is 5.52. The molecule has 1 unspecified atom stereocenters. The molecule has 5 nitrogen and oxygen atoms in total. The van der Waals surface area contributed by atoms with Crippen LogP contribution in [-0.4, -0.2) is 34.1 Å². The molecule has 0 saturated heterocycles. The minimum absolute atomic E-state index is 0.0509. The third-order valence-electron chi connectivity index (χ3n) is 2.63. The Morgan fingerprint density at radius 1 is 1.50 bits per heavy atom. The van der Waals surface area contributed by atoms with Crippen LogP contribution in [0.2, 0.25) is 0 Å². The normalized spacial score (nSPS) is 13.2. The van der Waals surface area contributed by atoms with Crippen molar-refractivity contribution in [3.8, 4) is 5.75 Å². The van der Waals surface area contributed by atoms with E-state index in [0.29, 0.717) is 0 Å².